The molecule has 11 rings (SSSR count). The molecule has 0 saturated heterocycles. The Morgan fingerprint density at radius 3 is 1.71 bits per heavy atom. The molecule has 0 N–H and O–H groups in total. The molecule has 0 atom stereocenters. The zero-order chi connectivity index (χ0) is 37.8. The SMILES string of the molecule is CC1(C)c2ccccc2-c2ccc(N(c3ccc4c(c3)C(C)(C)c3cc(C5CCCCC5)ccc3-4)c3ccc4c(c3)c3ccccc3n4-c3ccccc3)cc21. The molecule has 0 aliphatic heterocycles. The van der Waals surface area contributed by atoms with Crippen molar-refractivity contribution in [3.8, 4) is 27.9 Å². The third kappa shape index (κ3) is 4.87. The van der Waals surface area contributed by atoms with Gasteiger partial charge in [-0.25, -0.2) is 0 Å². The van der Waals surface area contributed by atoms with Crippen LogP contribution in [-0.2, 0) is 10.8 Å². The van der Waals surface area contributed by atoms with E-state index in [1.807, 2.05) is 0 Å². The summed E-state index contributed by atoms with van der Waals surface area (Å²) in [6, 6.07) is 57.5. The molecule has 3 aliphatic rings. The molecule has 1 heterocycles. The Hall–Kier alpha value is -5.86. The van der Waals surface area contributed by atoms with Crippen LogP contribution in [0.15, 0.2) is 152 Å². The van der Waals surface area contributed by atoms with Gasteiger partial charge in [-0.05, 0) is 129 Å². The van der Waals surface area contributed by atoms with E-state index in [4.69, 9.17) is 0 Å². The van der Waals surface area contributed by atoms with E-state index in [9.17, 15) is 0 Å². The first kappa shape index (κ1) is 33.5. The molecular formula is C54H48N2. The van der Waals surface area contributed by atoms with Crippen molar-refractivity contribution < 1.29 is 0 Å². The first-order valence-corrected chi connectivity index (χ1v) is 20.7. The average molecular weight is 725 g/mol. The molecule has 2 heteroatoms. The predicted molar refractivity (Wildman–Crippen MR) is 236 cm³/mol. The molecular weight excluding hydrogens is 677 g/mol. The number of hydrogen-bond acceptors (Lipinski definition) is 1. The molecule has 2 nitrogen and oxygen atoms in total. The number of fused-ring (bicyclic) bond motifs is 9. The van der Waals surface area contributed by atoms with Crippen LogP contribution >= 0.6 is 0 Å². The molecule has 0 radical (unpaired) electrons. The summed E-state index contributed by atoms with van der Waals surface area (Å²) >= 11 is 0. The first-order chi connectivity index (χ1) is 27.3. The van der Waals surface area contributed by atoms with Gasteiger partial charge in [0.25, 0.3) is 0 Å². The van der Waals surface area contributed by atoms with Crippen molar-refractivity contribution in [3.05, 3.63) is 179 Å². The first-order valence-electron chi connectivity index (χ1n) is 20.7. The zero-order valence-corrected chi connectivity index (χ0v) is 32.9. The number of anilines is 3. The normalized spacial score (nSPS) is 16.4. The van der Waals surface area contributed by atoms with Crippen LogP contribution in [0, 0.1) is 0 Å². The molecule has 0 spiro atoms. The number of hydrogen-bond donors (Lipinski definition) is 0. The molecule has 7 aromatic carbocycles. The molecule has 1 saturated carbocycles. The summed E-state index contributed by atoms with van der Waals surface area (Å²) in [5, 5.41) is 2.52. The van der Waals surface area contributed by atoms with Crippen molar-refractivity contribution >= 4 is 38.9 Å². The maximum absolute atomic E-state index is 2.57. The predicted octanol–water partition coefficient (Wildman–Crippen LogP) is 14.9. The summed E-state index contributed by atoms with van der Waals surface area (Å²) in [4.78, 5) is 2.51. The Morgan fingerprint density at radius 1 is 0.446 bits per heavy atom. The van der Waals surface area contributed by atoms with Gasteiger partial charge in [0.2, 0.25) is 0 Å². The Bertz CT molecular complexity index is 2850. The van der Waals surface area contributed by atoms with Gasteiger partial charge in [-0.1, -0.05) is 138 Å². The van der Waals surface area contributed by atoms with Crippen LogP contribution in [-0.4, -0.2) is 4.57 Å². The molecule has 1 aromatic heterocycles. The highest BCUT2D eigenvalue weighted by atomic mass is 15.1. The standard InChI is InChI=1S/C54H48N2/c1-53(2)47-21-13-11-19-41(47)43-28-24-39(33-49(43)53)55(38-26-30-52-46(32-38)45-20-12-14-22-51(45)56(52)37-17-9-6-10-18-37)40-25-29-44-42-27-23-36(35-15-7-5-8-16-35)31-48(42)54(3,4)50(44)34-40/h6,9-14,17-35H,5,7-8,15-16H2,1-4H3. The summed E-state index contributed by atoms with van der Waals surface area (Å²) in [7, 11) is 0. The highest BCUT2D eigenvalue weighted by Crippen LogP contribution is 2.54. The average Bonchev–Trinajstić information content (AvgIpc) is 3.78. The topological polar surface area (TPSA) is 8.17 Å². The highest BCUT2D eigenvalue weighted by molar-refractivity contribution is 6.10. The lowest BCUT2D eigenvalue weighted by Crippen LogP contribution is -2.18. The maximum atomic E-state index is 2.57. The van der Waals surface area contributed by atoms with E-state index >= 15 is 0 Å². The van der Waals surface area contributed by atoms with E-state index in [2.05, 4.69) is 189 Å². The molecule has 56 heavy (non-hydrogen) atoms. The zero-order valence-electron chi connectivity index (χ0n) is 32.9. The van der Waals surface area contributed by atoms with Crippen molar-refractivity contribution in [3.63, 3.8) is 0 Å². The van der Waals surface area contributed by atoms with Crippen LogP contribution in [0.2, 0.25) is 0 Å². The molecule has 0 unspecified atom stereocenters. The molecule has 0 bridgehead atoms. The number of aromatic nitrogens is 1. The lowest BCUT2D eigenvalue weighted by molar-refractivity contribution is 0.443. The fraction of sp³-hybridized carbons (Fsp3) is 0.222. The lowest BCUT2D eigenvalue weighted by Gasteiger charge is -2.30. The lowest BCUT2D eigenvalue weighted by atomic mass is 9.79. The summed E-state index contributed by atoms with van der Waals surface area (Å²) in [5.74, 6) is 0.692. The van der Waals surface area contributed by atoms with E-state index < -0.39 is 0 Å². The number of para-hydroxylation sites is 2. The van der Waals surface area contributed by atoms with E-state index in [1.54, 1.807) is 0 Å². The second kappa shape index (κ2) is 12.3. The molecule has 8 aromatic rings. The van der Waals surface area contributed by atoms with Crippen LogP contribution in [0.3, 0.4) is 0 Å². The van der Waals surface area contributed by atoms with Gasteiger partial charge in [0.1, 0.15) is 0 Å². The number of nitrogens with zero attached hydrogens (tertiary/aromatic N) is 2. The summed E-state index contributed by atoms with van der Waals surface area (Å²) in [5.41, 5.74) is 19.6. The molecule has 274 valence electrons. The monoisotopic (exact) mass is 724 g/mol. The third-order valence-corrected chi connectivity index (χ3v) is 13.8. The summed E-state index contributed by atoms with van der Waals surface area (Å²) in [6.07, 6.45) is 6.74. The van der Waals surface area contributed by atoms with Crippen molar-refractivity contribution in [2.45, 2.75) is 76.5 Å². The van der Waals surface area contributed by atoms with E-state index in [0.717, 1.165) is 5.69 Å². The molecule has 0 amide bonds. The van der Waals surface area contributed by atoms with E-state index in [-0.39, 0.29) is 10.8 Å². The number of rotatable bonds is 5. The van der Waals surface area contributed by atoms with Gasteiger partial charge in [-0.2, -0.15) is 0 Å². The van der Waals surface area contributed by atoms with Gasteiger partial charge in [0.15, 0.2) is 0 Å². The fourth-order valence-electron chi connectivity index (χ4n) is 10.8. The van der Waals surface area contributed by atoms with Crippen molar-refractivity contribution in [1.29, 1.82) is 0 Å². The summed E-state index contributed by atoms with van der Waals surface area (Å²) in [6.45, 7) is 9.64. The van der Waals surface area contributed by atoms with Crippen molar-refractivity contribution in [2.75, 3.05) is 4.90 Å². The quantitative estimate of drug-likeness (QED) is 0.172. The Balaban J connectivity index is 1.10. The Morgan fingerprint density at radius 2 is 0.982 bits per heavy atom. The van der Waals surface area contributed by atoms with Gasteiger partial charge in [-0.3, -0.25) is 0 Å². The largest absolute Gasteiger partial charge is 0.310 e. The van der Waals surface area contributed by atoms with Gasteiger partial charge in [0, 0.05) is 44.4 Å². The van der Waals surface area contributed by atoms with Gasteiger partial charge in [0.05, 0.1) is 11.0 Å². The highest BCUT2D eigenvalue weighted by Gasteiger charge is 2.38. The second-order valence-corrected chi connectivity index (χ2v) is 17.6. The van der Waals surface area contributed by atoms with E-state index in [1.165, 1.54) is 121 Å². The maximum Gasteiger partial charge on any atom is 0.0542 e. The summed E-state index contributed by atoms with van der Waals surface area (Å²) < 4.78 is 2.41. The second-order valence-electron chi connectivity index (χ2n) is 17.6. The minimum atomic E-state index is -0.106. The van der Waals surface area contributed by atoms with Crippen LogP contribution < -0.4 is 4.90 Å². The molecule has 3 aliphatic carbocycles. The van der Waals surface area contributed by atoms with Crippen LogP contribution in [0.5, 0.6) is 0 Å². The van der Waals surface area contributed by atoms with E-state index in [0.29, 0.717) is 5.92 Å². The Kier molecular flexibility index (Phi) is 7.37. The minimum Gasteiger partial charge on any atom is -0.310 e. The fourth-order valence-corrected chi connectivity index (χ4v) is 10.8. The minimum absolute atomic E-state index is 0.0989. The van der Waals surface area contributed by atoms with Crippen LogP contribution in [0.4, 0.5) is 17.1 Å². The van der Waals surface area contributed by atoms with Crippen molar-refractivity contribution in [1.82, 2.24) is 4.57 Å². The van der Waals surface area contributed by atoms with Crippen molar-refractivity contribution in [2.24, 2.45) is 0 Å². The van der Waals surface area contributed by atoms with Gasteiger partial charge >= 0.3 is 0 Å². The van der Waals surface area contributed by atoms with Crippen LogP contribution in [0.25, 0.3) is 49.7 Å². The Labute approximate surface area is 331 Å². The van der Waals surface area contributed by atoms with Gasteiger partial charge < -0.3 is 9.47 Å². The number of benzene rings is 7. The molecule has 1 fully saturated rings. The smallest absolute Gasteiger partial charge is 0.0542 e. The van der Waals surface area contributed by atoms with Crippen LogP contribution in [0.1, 0.15) is 93.5 Å². The third-order valence-electron chi connectivity index (χ3n) is 13.8. The van der Waals surface area contributed by atoms with Gasteiger partial charge in [-0.15, -0.1) is 0 Å².